The molecule has 0 aliphatic carbocycles. The van der Waals surface area contributed by atoms with E-state index in [1.807, 2.05) is 32.0 Å². The van der Waals surface area contributed by atoms with E-state index in [2.05, 4.69) is 5.32 Å². The lowest BCUT2D eigenvalue weighted by Crippen LogP contribution is -2.15. The summed E-state index contributed by atoms with van der Waals surface area (Å²) in [7, 11) is 0. The van der Waals surface area contributed by atoms with Crippen LogP contribution < -0.4 is 5.32 Å². The second-order valence-electron chi connectivity index (χ2n) is 5.12. The Morgan fingerprint density at radius 1 is 1.19 bits per heavy atom. The molecule has 1 amide bonds. The van der Waals surface area contributed by atoms with Gasteiger partial charge in [-0.1, -0.05) is 18.2 Å². The van der Waals surface area contributed by atoms with E-state index in [1.54, 1.807) is 6.07 Å². The van der Waals surface area contributed by atoms with Gasteiger partial charge in [0.05, 0.1) is 12.5 Å². The van der Waals surface area contributed by atoms with Crippen molar-refractivity contribution >= 4 is 11.6 Å². The van der Waals surface area contributed by atoms with Crippen molar-refractivity contribution < 1.29 is 14.3 Å². The van der Waals surface area contributed by atoms with Crippen LogP contribution in [0.3, 0.4) is 0 Å². The van der Waals surface area contributed by atoms with Gasteiger partial charge in [0.2, 0.25) is 5.91 Å². The molecular weight excluding hydrogens is 269 g/mol. The first kappa shape index (κ1) is 15.2. The van der Waals surface area contributed by atoms with Crippen LogP contribution in [0.2, 0.25) is 0 Å². The Labute approximate surface area is 123 Å². The summed E-state index contributed by atoms with van der Waals surface area (Å²) in [5.74, 6) is -0.740. The molecule has 2 aromatic carbocycles. The number of nitrogens with one attached hydrogen (secondary N) is 1. The number of aryl methyl sites for hydroxylation is 2. The molecule has 0 heterocycles. The van der Waals surface area contributed by atoms with Gasteiger partial charge in [-0.15, -0.1) is 0 Å². The van der Waals surface area contributed by atoms with E-state index in [0.717, 1.165) is 11.1 Å². The van der Waals surface area contributed by atoms with Crippen LogP contribution >= 0.6 is 0 Å². The molecule has 1 atom stereocenters. The predicted molar refractivity (Wildman–Crippen MR) is 80.5 cm³/mol. The van der Waals surface area contributed by atoms with Crippen molar-refractivity contribution in [3.8, 4) is 0 Å². The summed E-state index contributed by atoms with van der Waals surface area (Å²) < 4.78 is 13.1. The van der Waals surface area contributed by atoms with Gasteiger partial charge in [-0.2, -0.15) is 0 Å². The smallest absolute Gasteiger partial charge is 0.227 e. The SMILES string of the molecule is Cc1ccc(NC(=O)CC(O)c2cccc(F)c2)cc1C. The van der Waals surface area contributed by atoms with Crippen LogP contribution in [0.5, 0.6) is 0 Å². The highest BCUT2D eigenvalue weighted by atomic mass is 19.1. The summed E-state index contributed by atoms with van der Waals surface area (Å²) in [4.78, 5) is 11.9. The van der Waals surface area contributed by atoms with E-state index in [4.69, 9.17) is 0 Å². The fourth-order valence-corrected chi connectivity index (χ4v) is 2.04. The molecule has 2 rings (SSSR count). The van der Waals surface area contributed by atoms with Crippen LogP contribution in [0.25, 0.3) is 0 Å². The molecule has 2 aromatic rings. The van der Waals surface area contributed by atoms with E-state index in [0.29, 0.717) is 11.3 Å². The molecule has 0 aromatic heterocycles. The van der Waals surface area contributed by atoms with Crippen molar-refractivity contribution in [2.24, 2.45) is 0 Å². The summed E-state index contributed by atoms with van der Waals surface area (Å²) in [5, 5.41) is 12.7. The summed E-state index contributed by atoms with van der Waals surface area (Å²) in [6, 6.07) is 11.2. The summed E-state index contributed by atoms with van der Waals surface area (Å²) in [5.41, 5.74) is 3.31. The average molecular weight is 287 g/mol. The summed E-state index contributed by atoms with van der Waals surface area (Å²) in [6.45, 7) is 3.96. The molecule has 4 heteroatoms. The van der Waals surface area contributed by atoms with Crippen molar-refractivity contribution in [2.45, 2.75) is 26.4 Å². The number of benzene rings is 2. The third-order valence-electron chi connectivity index (χ3n) is 3.40. The number of rotatable bonds is 4. The van der Waals surface area contributed by atoms with Crippen LogP contribution in [0.4, 0.5) is 10.1 Å². The van der Waals surface area contributed by atoms with E-state index >= 15 is 0 Å². The van der Waals surface area contributed by atoms with Crippen LogP contribution in [-0.2, 0) is 4.79 Å². The van der Waals surface area contributed by atoms with Gasteiger partial charge < -0.3 is 10.4 Å². The lowest BCUT2D eigenvalue weighted by atomic mass is 10.1. The maximum absolute atomic E-state index is 13.1. The number of aliphatic hydroxyl groups is 1. The molecule has 0 saturated carbocycles. The standard InChI is InChI=1S/C17H18FNO2/c1-11-6-7-15(8-12(11)2)19-17(21)10-16(20)13-4-3-5-14(18)9-13/h3-9,16,20H,10H2,1-2H3,(H,19,21). The lowest BCUT2D eigenvalue weighted by Gasteiger charge is -2.12. The fraction of sp³-hybridized carbons (Fsp3) is 0.235. The van der Waals surface area contributed by atoms with Crippen LogP contribution in [0.1, 0.15) is 29.2 Å². The first-order chi connectivity index (χ1) is 9.95. The van der Waals surface area contributed by atoms with Crippen molar-refractivity contribution in [1.82, 2.24) is 0 Å². The molecule has 21 heavy (non-hydrogen) atoms. The van der Waals surface area contributed by atoms with Crippen LogP contribution in [0.15, 0.2) is 42.5 Å². The van der Waals surface area contributed by atoms with Crippen molar-refractivity contribution in [3.63, 3.8) is 0 Å². The predicted octanol–water partition coefficient (Wildman–Crippen LogP) is 3.50. The Morgan fingerprint density at radius 2 is 1.95 bits per heavy atom. The van der Waals surface area contributed by atoms with Gasteiger partial charge in [0.25, 0.3) is 0 Å². The molecular formula is C17H18FNO2. The second kappa shape index (κ2) is 6.50. The number of halogens is 1. The third-order valence-corrected chi connectivity index (χ3v) is 3.40. The van der Waals surface area contributed by atoms with Gasteiger partial charge >= 0.3 is 0 Å². The first-order valence-corrected chi connectivity index (χ1v) is 6.76. The Bertz CT molecular complexity index is 655. The molecule has 0 saturated heterocycles. The molecule has 0 bridgehead atoms. The Morgan fingerprint density at radius 3 is 2.62 bits per heavy atom. The maximum Gasteiger partial charge on any atom is 0.227 e. The number of hydrogen-bond acceptors (Lipinski definition) is 2. The van der Waals surface area contributed by atoms with Gasteiger partial charge in [-0.05, 0) is 54.8 Å². The molecule has 0 radical (unpaired) electrons. The topological polar surface area (TPSA) is 49.3 Å². The fourth-order valence-electron chi connectivity index (χ4n) is 2.04. The van der Waals surface area contributed by atoms with Crippen molar-refractivity contribution in [2.75, 3.05) is 5.32 Å². The van der Waals surface area contributed by atoms with Crippen molar-refractivity contribution in [3.05, 3.63) is 65.0 Å². The quantitative estimate of drug-likeness (QED) is 0.904. The normalized spacial score (nSPS) is 12.0. The Hall–Kier alpha value is -2.20. The van der Waals surface area contributed by atoms with E-state index in [1.165, 1.54) is 18.2 Å². The summed E-state index contributed by atoms with van der Waals surface area (Å²) in [6.07, 6.45) is -1.14. The molecule has 3 nitrogen and oxygen atoms in total. The number of carbonyl (C=O) groups excluding carboxylic acids is 1. The van der Waals surface area contributed by atoms with Crippen molar-refractivity contribution in [1.29, 1.82) is 0 Å². The minimum Gasteiger partial charge on any atom is -0.388 e. The lowest BCUT2D eigenvalue weighted by molar-refractivity contribution is -0.118. The van der Waals surface area contributed by atoms with Crippen LogP contribution in [0, 0.1) is 19.7 Å². The zero-order chi connectivity index (χ0) is 15.4. The minimum absolute atomic E-state index is 0.115. The van der Waals surface area contributed by atoms with Gasteiger partial charge in [0.15, 0.2) is 0 Å². The largest absolute Gasteiger partial charge is 0.388 e. The monoisotopic (exact) mass is 287 g/mol. The Balaban J connectivity index is 1.99. The number of hydrogen-bond donors (Lipinski definition) is 2. The maximum atomic E-state index is 13.1. The van der Waals surface area contributed by atoms with E-state index in [9.17, 15) is 14.3 Å². The molecule has 110 valence electrons. The number of carbonyl (C=O) groups is 1. The summed E-state index contributed by atoms with van der Waals surface area (Å²) >= 11 is 0. The highest BCUT2D eigenvalue weighted by Crippen LogP contribution is 2.19. The van der Waals surface area contributed by atoms with E-state index in [-0.39, 0.29) is 12.3 Å². The number of anilines is 1. The second-order valence-corrected chi connectivity index (χ2v) is 5.12. The minimum atomic E-state index is -1.02. The van der Waals surface area contributed by atoms with E-state index < -0.39 is 11.9 Å². The highest BCUT2D eigenvalue weighted by Gasteiger charge is 2.14. The Kier molecular flexibility index (Phi) is 4.70. The molecule has 2 N–H and O–H groups in total. The highest BCUT2D eigenvalue weighted by molar-refractivity contribution is 5.91. The molecule has 0 fully saturated rings. The van der Waals surface area contributed by atoms with Gasteiger partial charge in [0.1, 0.15) is 5.82 Å². The first-order valence-electron chi connectivity index (χ1n) is 6.76. The zero-order valence-corrected chi connectivity index (χ0v) is 12.1. The average Bonchev–Trinajstić information content (AvgIpc) is 2.43. The number of aliphatic hydroxyl groups excluding tert-OH is 1. The molecule has 0 aliphatic rings. The van der Waals surface area contributed by atoms with Gasteiger partial charge in [-0.3, -0.25) is 4.79 Å². The molecule has 0 spiro atoms. The molecule has 1 unspecified atom stereocenters. The van der Waals surface area contributed by atoms with Gasteiger partial charge in [-0.25, -0.2) is 4.39 Å². The van der Waals surface area contributed by atoms with Crippen LogP contribution in [-0.4, -0.2) is 11.0 Å². The van der Waals surface area contributed by atoms with Gasteiger partial charge in [0, 0.05) is 5.69 Å². The number of amides is 1. The zero-order valence-electron chi connectivity index (χ0n) is 12.1. The molecule has 0 aliphatic heterocycles. The third kappa shape index (κ3) is 4.13.